The van der Waals surface area contributed by atoms with E-state index in [1.807, 2.05) is 12.2 Å². The van der Waals surface area contributed by atoms with Crippen molar-refractivity contribution < 1.29 is 0 Å². The monoisotopic (exact) mass is 180 g/mol. The average Bonchev–Trinajstić information content (AvgIpc) is 2.09. The third kappa shape index (κ3) is 2.72. The van der Waals surface area contributed by atoms with E-state index in [4.69, 9.17) is 11.5 Å². The van der Waals surface area contributed by atoms with Crippen LogP contribution in [0.2, 0.25) is 0 Å². The molecule has 0 bridgehead atoms. The topological polar surface area (TPSA) is 97.8 Å². The van der Waals surface area contributed by atoms with Gasteiger partial charge in [0.05, 0.1) is 0 Å². The number of nitrogen functional groups attached to an aromatic ring is 1. The summed E-state index contributed by atoms with van der Waals surface area (Å²) in [7, 11) is 0. The van der Waals surface area contributed by atoms with Gasteiger partial charge in [0.2, 0.25) is 0 Å². The highest BCUT2D eigenvalue weighted by molar-refractivity contribution is 5.37. The number of H-pyrrole nitrogens is 1. The van der Waals surface area contributed by atoms with Crippen LogP contribution in [0.1, 0.15) is 5.56 Å². The lowest BCUT2D eigenvalue weighted by atomic mass is 10.2. The molecule has 0 aliphatic heterocycles. The summed E-state index contributed by atoms with van der Waals surface area (Å²) in [6, 6.07) is 0. The highest BCUT2D eigenvalue weighted by Crippen LogP contribution is 2.04. The number of nitrogens with one attached hydrogen (secondary N) is 1. The van der Waals surface area contributed by atoms with Gasteiger partial charge < -0.3 is 11.5 Å². The highest BCUT2D eigenvalue weighted by Gasteiger charge is 1.97. The van der Waals surface area contributed by atoms with E-state index in [-0.39, 0.29) is 0 Å². The summed E-state index contributed by atoms with van der Waals surface area (Å²) in [5.41, 5.74) is 11.2. The van der Waals surface area contributed by atoms with Crippen LogP contribution < -0.4 is 17.2 Å². The Balaban J connectivity index is 2.78. The van der Waals surface area contributed by atoms with Crippen molar-refractivity contribution in [1.82, 2.24) is 9.97 Å². The molecule has 0 atom stereocenters. The quantitative estimate of drug-likeness (QED) is 0.541. The summed E-state index contributed by atoms with van der Waals surface area (Å²) in [6.45, 7) is 0.497. The Hall–Kier alpha value is -1.62. The molecule has 70 valence electrons. The summed E-state index contributed by atoms with van der Waals surface area (Å²) in [4.78, 5) is 16.7. The van der Waals surface area contributed by atoms with Gasteiger partial charge in [-0.05, 0) is 6.42 Å². The van der Waals surface area contributed by atoms with Gasteiger partial charge in [0.1, 0.15) is 5.82 Å². The molecule has 0 radical (unpaired) electrons. The van der Waals surface area contributed by atoms with E-state index >= 15 is 0 Å². The molecule has 0 aliphatic carbocycles. The van der Waals surface area contributed by atoms with Gasteiger partial charge in [0.25, 0.3) is 0 Å². The first kappa shape index (κ1) is 9.47. The predicted molar refractivity (Wildman–Crippen MR) is 51.2 cm³/mol. The standard InChI is InChI=1S/C8H12N4O/c9-4-2-1-3-6-5-11-8(13)12-7(6)10/h1-2,5H,3-4,9H2,(H3,10,11,12,13). The van der Waals surface area contributed by atoms with Crippen molar-refractivity contribution in [2.75, 3.05) is 12.3 Å². The Morgan fingerprint density at radius 2 is 2.31 bits per heavy atom. The Morgan fingerprint density at radius 1 is 1.54 bits per heavy atom. The Labute approximate surface area is 75.5 Å². The van der Waals surface area contributed by atoms with E-state index in [0.29, 0.717) is 18.8 Å². The number of hydrogen-bond donors (Lipinski definition) is 3. The van der Waals surface area contributed by atoms with Crippen LogP contribution >= 0.6 is 0 Å². The summed E-state index contributed by atoms with van der Waals surface area (Å²) in [5.74, 6) is 0.363. The van der Waals surface area contributed by atoms with Crippen LogP contribution in [0.5, 0.6) is 0 Å². The molecule has 0 amide bonds. The fraction of sp³-hybridized carbons (Fsp3) is 0.250. The Kier molecular flexibility index (Phi) is 3.22. The van der Waals surface area contributed by atoms with E-state index in [9.17, 15) is 4.79 Å². The zero-order valence-electron chi connectivity index (χ0n) is 7.16. The second-order valence-electron chi connectivity index (χ2n) is 2.54. The number of nitrogens with two attached hydrogens (primary N) is 2. The first-order valence-corrected chi connectivity index (χ1v) is 3.92. The molecule has 1 rings (SSSR count). The summed E-state index contributed by atoms with van der Waals surface area (Å²) in [6.07, 6.45) is 5.80. The second-order valence-corrected chi connectivity index (χ2v) is 2.54. The second kappa shape index (κ2) is 4.42. The number of nitrogens with zero attached hydrogens (tertiary/aromatic N) is 1. The molecule has 0 unspecified atom stereocenters. The molecular weight excluding hydrogens is 168 g/mol. The van der Waals surface area contributed by atoms with E-state index in [1.54, 1.807) is 0 Å². The lowest BCUT2D eigenvalue weighted by Crippen LogP contribution is -2.13. The zero-order valence-corrected chi connectivity index (χ0v) is 7.16. The van der Waals surface area contributed by atoms with Crippen LogP contribution in [-0.4, -0.2) is 16.5 Å². The summed E-state index contributed by atoms with van der Waals surface area (Å²) in [5, 5.41) is 0. The van der Waals surface area contributed by atoms with E-state index in [0.717, 1.165) is 5.56 Å². The minimum atomic E-state index is -0.427. The number of hydrogen-bond acceptors (Lipinski definition) is 4. The molecule has 5 nitrogen and oxygen atoms in total. The maximum atomic E-state index is 10.7. The molecule has 5 N–H and O–H groups in total. The molecule has 1 aromatic rings. The van der Waals surface area contributed by atoms with Crippen molar-refractivity contribution in [3.05, 3.63) is 34.4 Å². The van der Waals surface area contributed by atoms with Gasteiger partial charge in [-0.1, -0.05) is 12.2 Å². The van der Waals surface area contributed by atoms with Crippen LogP contribution in [0, 0.1) is 0 Å². The van der Waals surface area contributed by atoms with Gasteiger partial charge in [-0.15, -0.1) is 0 Å². The van der Waals surface area contributed by atoms with Crippen LogP contribution in [0.15, 0.2) is 23.1 Å². The van der Waals surface area contributed by atoms with Gasteiger partial charge in [-0.25, -0.2) is 9.78 Å². The molecule has 0 aromatic carbocycles. The number of aromatic nitrogens is 2. The largest absolute Gasteiger partial charge is 0.385 e. The van der Waals surface area contributed by atoms with E-state index < -0.39 is 5.69 Å². The summed E-state index contributed by atoms with van der Waals surface area (Å²) < 4.78 is 0. The minimum absolute atomic E-state index is 0.363. The van der Waals surface area contributed by atoms with Gasteiger partial charge in [-0.3, -0.25) is 4.98 Å². The SMILES string of the molecule is NCC=CCc1cnc(=O)[nH]c1N. The highest BCUT2D eigenvalue weighted by atomic mass is 16.1. The zero-order chi connectivity index (χ0) is 9.68. The normalized spacial score (nSPS) is 10.8. The first-order chi connectivity index (χ1) is 6.24. The summed E-state index contributed by atoms with van der Waals surface area (Å²) >= 11 is 0. The number of allylic oxidation sites excluding steroid dienone is 1. The van der Waals surface area contributed by atoms with Crippen molar-refractivity contribution in [2.24, 2.45) is 5.73 Å². The predicted octanol–water partition coefficient (Wildman–Crippen LogP) is -0.591. The molecule has 13 heavy (non-hydrogen) atoms. The molecule has 0 fully saturated rings. The maximum absolute atomic E-state index is 10.7. The maximum Gasteiger partial charge on any atom is 0.346 e. The molecule has 0 aliphatic rings. The van der Waals surface area contributed by atoms with Crippen LogP contribution in [-0.2, 0) is 6.42 Å². The van der Waals surface area contributed by atoms with Crippen molar-refractivity contribution in [3.8, 4) is 0 Å². The van der Waals surface area contributed by atoms with Crippen molar-refractivity contribution in [3.63, 3.8) is 0 Å². The third-order valence-electron chi connectivity index (χ3n) is 1.57. The molecule has 0 saturated carbocycles. The number of anilines is 1. The van der Waals surface area contributed by atoms with E-state index in [2.05, 4.69) is 9.97 Å². The molecule has 5 heteroatoms. The van der Waals surface area contributed by atoms with Gasteiger partial charge in [0.15, 0.2) is 0 Å². The Bertz CT molecular complexity index is 355. The van der Waals surface area contributed by atoms with Crippen LogP contribution in [0.3, 0.4) is 0 Å². The van der Waals surface area contributed by atoms with Crippen LogP contribution in [0.25, 0.3) is 0 Å². The fourth-order valence-corrected chi connectivity index (χ4v) is 0.903. The van der Waals surface area contributed by atoms with E-state index in [1.165, 1.54) is 6.20 Å². The lowest BCUT2D eigenvalue weighted by molar-refractivity contribution is 1.04. The smallest absolute Gasteiger partial charge is 0.346 e. The van der Waals surface area contributed by atoms with Crippen molar-refractivity contribution >= 4 is 5.82 Å². The van der Waals surface area contributed by atoms with Gasteiger partial charge in [0, 0.05) is 18.3 Å². The molecule has 0 saturated heterocycles. The fourth-order valence-electron chi connectivity index (χ4n) is 0.903. The van der Waals surface area contributed by atoms with Crippen molar-refractivity contribution in [2.45, 2.75) is 6.42 Å². The molecular formula is C8H12N4O. The third-order valence-corrected chi connectivity index (χ3v) is 1.57. The molecule has 1 aromatic heterocycles. The molecule has 0 spiro atoms. The van der Waals surface area contributed by atoms with Gasteiger partial charge in [-0.2, -0.15) is 0 Å². The minimum Gasteiger partial charge on any atom is -0.385 e. The Morgan fingerprint density at radius 3 is 2.92 bits per heavy atom. The number of aromatic amines is 1. The van der Waals surface area contributed by atoms with Crippen LogP contribution in [0.4, 0.5) is 5.82 Å². The first-order valence-electron chi connectivity index (χ1n) is 3.92. The molecule has 1 heterocycles. The van der Waals surface area contributed by atoms with Crippen molar-refractivity contribution in [1.29, 1.82) is 0 Å². The lowest BCUT2D eigenvalue weighted by Gasteiger charge is -1.99. The average molecular weight is 180 g/mol. The number of rotatable bonds is 3. The van der Waals surface area contributed by atoms with Gasteiger partial charge >= 0.3 is 5.69 Å².